The first-order valence-electron chi connectivity index (χ1n) is 12.6. The normalized spacial score (nSPS) is 28.8. The Morgan fingerprint density at radius 3 is 2.81 bits per heavy atom. The minimum absolute atomic E-state index is 0.0403. The van der Waals surface area contributed by atoms with Crippen molar-refractivity contribution >= 4 is 5.78 Å². The molecule has 0 bridgehead atoms. The Labute approximate surface area is 188 Å². The summed E-state index contributed by atoms with van der Waals surface area (Å²) in [6.45, 7) is 3.06. The Morgan fingerprint density at radius 2 is 2.03 bits per heavy atom. The number of methoxy groups -OCH3 is 1. The van der Waals surface area contributed by atoms with Crippen LogP contribution in [0.25, 0.3) is 0 Å². The van der Waals surface area contributed by atoms with Gasteiger partial charge in [0.05, 0.1) is 13.2 Å². The average Bonchev–Trinajstić information content (AvgIpc) is 3.10. The molecule has 3 aliphatic rings. The highest BCUT2D eigenvalue weighted by atomic mass is 16.7. The summed E-state index contributed by atoms with van der Waals surface area (Å²) >= 11 is 0. The fourth-order valence-corrected chi connectivity index (χ4v) is 6.08. The molecule has 2 unspecified atom stereocenters. The van der Waals surface area contributed by atoms with Gasteiger partial charge in [-0.25, -0.2) is 0 Å². The second kappa shape index (κ2) is 11.0. The van der Waals surface area contributed by atoms with Gasteiger partial charge < -0.3 is 14.2 Å². The van der Waals surface area contributed by atoms with E-state index in [1.807, 2.05) is 0 Å². The van der Waals surface area contributed by atoms with Crippen LogP contribution in [-0.2, 0) is 27.1 Å². The zero-order valence-electron chi connectivity index (χ0n) is 19.4. The predicted molar refractivity (Wildman–Crippen MR) is 122 cm³/mol. The van der Waals surface area contributed by atoms with E-state index in [4.69, 9.17) is 14.2 Å². The molecule has 1 heterocycles. The molecule has 0 amide bonds. The molecule has 1 saturated heterocycles. The van der Waals surface area contributed by atoms with E-state index >= 15 is 0 Å². The maximum Gasteiger partial charge on any atom is 0.157 e. The third-order valence-electron chi connectivity index (χ3n) is 7.78. The van der Waals surface area contributed by atoms with Gasteiger partial charge in [-0.2, -0.15) is 0 Å². The first kappa shape index (κ1) is 22.8. The first-order valence-corrected chi connectivity index (χ1v) is 12.6. The molecule has 1 aromatic rings. The van der Waals surface area contributed by atoms with Crippen molar-refractivity contribution in [3.05, 3.63) is 29.3 Å². The third kappa shape index (κ3) is 5.51. The second-order valence-corrected chi connectivity index (χ2v) is 9.83. The van der Waals surface area contributed by atoms with Crippen molar-refractivity contribution in [2.45, 2.75) is 96.4 Å². The van der Waals surface area contributed by atoms with Gasteiger partial charge in [-0.15, -0.1) is 0 Å². The Balaban J connectivity index is 1.38. The molecule has 0 radical (unpaired) electrons. The maximum atomic E-state index is 13.0. The number of carbonyl (C=O) groups is 1. The number of hydrogen-bond donors (Lipinski definition) is 0. The lowest BCUT2D eigenvalue weighted by Gasteiger charge is -2.32. The lowest BCUT2D eigenvalue weighted by Crippen LogP contribution is -2.30. The zero-order chi connectivity index (χ0) is 21.6. The van der Waals surface area contributed by atoms with Crippen molar-refractivity contribution in [1.82, 2.24) is 0 Å². The molecule has 0 spiro atoms. The van der Waals surface area contributed by atoms with E-state index in [2.05, 4.69) is 25.1 Å². The molecule has 1 aliphatic heterocycles. The van der Waals surface area contributed by atoms with Crippen LogP contribution in [0, 0.1) is 17.8 Å². The molecular weight excluding hydrogens is 388 g/mol. The van der Waals surface area contributed by atoms with Gasteiger partial charge in [0, 0.05) is 18.9 Å². The van der Waals surface area contributed by atoms with Crippen molar-refractivity contribution < 1.29 is 19.0 Å². The van der Waals surface area contributed by atoms with Gasteiger partial charge in [0.2, 0.25) is 0 Å². The summed E-state index contributed by atoms with van der Waals surface area (Å²) in [5.74, 6) is 2.61. The monoisotopic (exact) mass is 428 g/mol. The summed E-state index contributed by atoms with van der Waals surface area (Å²) in [6.07, 6.45) is 13.0. The molecule has 5 atom stereocenters. The van der Waals surface area contributed by atoms with Crippen molar-refractivity contribution in [1.29, 1.82) is 0 Å². The number of fused-ring (bicyclic) bond motifs is 2. The maximum absolute atomic E-state index is 13.0. The SMILES string of the molecule is CCCCC[C@H](CCC1C(=O)C[C@@H]2Cc3c(cccc3OC)C[C@H]12)OC1CCCCO1. The van der Waals surface area contributed by atoms with E-state index in [1.54, 1.807) is 7.11 Å². The molecule has 1 aromatic carbocycles. The van der Waals surface area contributed by atoms with Crippen LogP contribution in [0.2, 0.25) is 0 Å². The summed E-state index contributed by atoms with van der Waals surface area (Å²) in [7, 11) is 1.75. The lowest BCUT2D eigenvalue weighted by molar-refractivity contribution is -0.191. The highest BCUT2D eigenvalue weighted by molar-refractivity contribution is 5.84. The molecule has 0 aromatic heterocycles. The Morgan fingerprint density at radius 1 is 1.13 bits per heavy atom. The number of ether oxygens (including phenoxy) is 3. The lowest BCUT2D eigenvalue weighted by atomic mass is 9.73. The van der Waals surface area contributed by atoms with Crippen LogP contribution in [-0.4, -0.2) is 31.9 Å². The molecule has 4 rings (SSSR count). The van der Waals surface area contributed by atoms with Crippen molar-refractivity contribution in [3.63, 3.8) is 0 Å². The summed E-state index contributed by atoms with van der Waals surface area (Å²) in [6, 6.07) is 6.37. The average molecular weight is 429 g/mol. The van der Waals surface area contributed by atoms with Crippen LogP contribution >= 0.6 is 0 Å². The Kier molecular flexibility index (Phi) is 8.06. The molecule has 1 saturated carbocycles. The van der Waals surface area contributed by atoms with Crippen molar-refractivity contribution in [2.24, 2.45) is 17.8 Å². The summed E-state index contributed by atoms with van der Waals surface area (Å²) < 4.78 is 17.9. The number of rotatable bonds is 10. The summed E-state index contributed by atoms with van der Waals surface area (Å²) in [5.41, 5.74) is 2.71. The van der Waals surface area contributed by atoms with Crippen LogP contribution in [0.5, 0.6) is 5.75 Å². The predicted octanol–water partition coefficient (Wildman–Crippen LogP) is 5.89. The Bertz CT molecular complexity index is 724. The van der Waals surface area contributed by atoms with Gasteiger partial charge in [-0.1, -0.05) is 38.3 Å². The van der Waals surface area contributed by atoms with E-state index in [0.717, 1.165) is 63.7 Å². The third-order valence-corrected chi connectivity index (χ3v) is 7.78. The van der Waals surface area contributed by atoms with Crippen LogP contribution in [0.3, 0.4) is 0 Å². The van der Waals surface area contributed by atoms with E-state index in [0.29, 0.717) is 17.6 Å². The van der Waals surface area contributed by atoms with Crippen molar-refractivity contribution in [3.8, 4) is 5.75 Å². The molecule has 4 heteroatoms. The van der Waals surface area contributed by atoms with Crippen molar-refractivity contribution in [2.75, 3.05) is 13.7 Å². The molecule has 2 aliphatic carbocycles. The fraction of sp³-hybridized carbons (Fsp3) is 0.741. The largest absolute Gasteiger partial charge is 0.496 e. The molecule has 31 heavy (non-hydrogen) atoms. The van der Waals surface area contributed by atoms with Crippen LogP contribution in [0.15, 0.2) is 18.2 Å². The van der Waals surface area contributed by atoms with Crippen LogP contribution in [0.4, 0.5) is 0 Å². The second-order valence-electron chi connectivity index (χ2n) is 9.83. The van der Waals surface area contributed by atoms with Gasteiger partial charge in [0.1, 0.15) is 11.5 Å². The van der Waals surface area contributed by atoms with Crippen LogP contribution in [0.1, 0.15) is 82.3 Å². The van der Waals surface area contributed by atoms with Gasteiger partial charge in [-0.05, 0) is 80.4 Å². The van der Waals surface area contributed by atoms with Gasteiger partial charge >= 0.3 is 0 Å². The highest BCUT2D eigenvalue weighted by Crippen LogP contribution is 2.46. The molecule has 172 valence electrons. The molecule has 2 fully saturated rings. The van der Waals surface area contributed by atoms with E-state index < -0.39 is 0 Å². The summed E-state index contributed by atoms with van der Waals surface area (Å²) in [4.78, 5) is 13.0. The smallest absolute Gasteiger partial charge is 0.157 e. The van der Waals surface area contributed by atoms with E-state index in [-0.39, 0.29) is 18.3 Å². The quantitative estimate of drug-likeness (QED) is 0.436. The van der Waals surface area contributed by atoms with Gasteiger partial charge in [0.25, 0.3) is 0 Å². The minimum Gasteiger partial charge on any atom is -0.496 e. The number of benzene rings is 1. The molecule has 4 nitrogen and oxygen atoms in total. The van der Waals surface area contributed by atoms with E-state index in [1.165, 1.54) is 36.8 Å². The fourth-order valence-electron chi connectivity index (χ4n) is 6.08. The van der Waals surface area contributed by atoms with Crippen LogP contribution < -0.4 is 4.74 Å². The topological polar surface area (TPSA) is 44.8 Å². The zero-order valence-corrected chi connectivity index (χ0v) is 19.4. The first-order chi connectivity index (χ1) is 15.2. The standard InChI is InChI=1S/C27H40O4/c1-3-4-5-10-21(31-27-12-6-7-15-30-27)13-14-22-23-16-19-9-8-11-26(29-2)24(19)17-20(23)18-25(22)28/h8-9,11,20-23,27H,3-7,10,12-18H2,1-2H3/t20-,21+,22?,23-,27?/m0/s1. The molecular formula is C27H40O4. The number of ketones is 1. The number of unbranched alkanes of at least 4 members (excludes halogenated alkanes) is 2. The van der Waals surface area contributed by atoms with Gasteiger partial charge in [0.15, 0.2) is 6.29 Å². The van der Waals surface area contributed by atoms with E-state index in [9.17, 15) is 4.79 Å². The molecule has 0 N–H and O–H groups in total. The number of hydrogen-bond acceptors (Lipinski definition) is 4. The van der Waals surface area contributed by atoms with Gasteiger partial charge in [-0.3, -0.25) is 4.79 Å². The summed E-state index contributed by atoms with van der Waals surface area (Å²) in [5, 5.41) is 0. The highest BCUT2D eigenvalue weighted by Gasteiger charge is 2.44. The minimum atomic E-state index is -0.0403. The Hall–Kier alpha value is -1.39. The number of carbonyl (C=O) groups excluding carboxylic acids is 1. The number of Topliss-reactive ketones (excluding diaryl/α,β-unsaturated/α-hetero) is 1.